The fourth-order valence-corrected chi connectivity index (χ4v) is 5.85. The van der Waals surface area contributed by atoms with Crippen LogP contribution >= 0.6 is 0 Å². The molecule has 252 valence electrons. The van der Waals surface area contributed by atoms with Crippen molar-refractivity contribution in [2.45, 2.75) is 18.6 Å². The van der Waals surface area contributed by atoms with E-state index < -0.39 is 29.6 Å². The summed E-state index contributed by atoms with van der Waals surface area (Å²) < 4.78 is 42.5. The SMILES string of the molecule is Cn1c(C(=O)N[C@H](C(=O)NCCc2ccccc2)c2ccccc2)cc2cc(NC(=O)c3cc(C(F)(F)F)ccc3-c3ccccc3)ccc21. The molecule has 0 aliphatic carbocycles. The van der Waals surface area contributed by atoms with Gasteiger partial charge in [-0.2, -0.15) is 13.2 Å². The van der Waals surface area contributed by atoms with Crippen molar-refractivity contribution in [1.29, 1.82) is 0 Å². The molecular weight excluding hydrogens is 641 g/mol. The zero-order chi connectivity index (χ0) is 35.3. The molecule has 0 spiro atoms. The Hall–Kier alpha value is -6.16. The standard InChI is InChI=1S/C40H33F3N4O3/c1-47-34-20-18-31(45-37(48)33-25-30(40(41,42)43)17-19-32(33)27-13-7-3-8-14-27)23-29(34)24-35(47)38(49)46-36(28-15-9-4-10-16-28)39(50)44-22-21-26-11-5-2-6-12-26/h2-20,23-25,36H,21-22H2,1H3,(H,44,50)(H,45,48)(H,46,49)/t36-/m0/s1. The highest BCUT2D eigenvalue weighted by Crippen LogP contribution is 2.34. The molecule has 0 aliphatic rings. The van der Waals surface area contributed by atoms with Gasteiger partial charge in [0.2, 0.25) is 5.91 Å². The summed E-state index contributed by atoms with van der Waals surface area (Å²) in [7, 11) is 1.71. The van der Waals surface area contributed by atoms with Crippen molar-refractivity contribution in [3.63, 3.8) is 0 Å². The third-order valence-corrected chi connectivity index (χ3v) is 8.44. The van der Waals surface area contributed by atoms with E-state index in [1.807, 2.05) is 36.4 Å². The first-order chi connectivity index (χ1) is 24.1. The molecule has 0 radical (unpaired) electrons. The van der Waals surface area contributed by atoms with Crippen molar-refractivity contribution >= 4 is 34.3 Å². The molecule has 0 bridgehead atoms. The number of amides is 3. The Kier molecular flexibility index (Phi) is 9.80. The highest BCUT2D eigenvalue weighted by atomic mass is 19.4. The minimum atomic E-state index is -4.63. The van der Waals surface area contributed by atoms with Crippen LogP contribution in [0.1, 0.15) is 43.6 Å². The van der Waals surface area contributed by atoms with Gasteiger partial charge in [-0.25, -0.2) is 0 Å². The van der Waals surface area contributed by atoms with Gasteiger partial charge in [-0.15, -0.1) is 0 Å². The topological polar surface area (TPSA) is 92.2 Å². The Balaban J connectivity index is 1.22. The van der Waals surface area contributed by atoms with Gasteiger partial charge < -0.3 is 20.5 Å². The molecule has 0 unspecified atom stereocenters. The summed E-state index contributed by atoms with van der Waals surface area (Å²) in [6, 6.07) is 36.1. The van der Waals surface area contributed by atoms with E-state index in [4.69, 9.17) is 0 Å². The number of carbonyl (C=O) groups is 3. The largest absolute Gasteiger partial charge is 0.416 e. The average Bonchev–Trinajstić information content (AvgIpc) is 3.46. The highest BCUT2D eigenvalue weighted by molar-refractivity contribution is 6.10. The lowest BCUT2D eigenvalue weighted by Crippen LogP contribution is -2.41. The van der Waals surface area contributed by atoms with Gasteiger partial charge in [-0.1, -0.05) is 97.1 Å². The molecular formula is C40H33F3N4O3. The number of hydrogen-bond donors (Lipinski definition) is 3. The van der Waals surface area contributed by atoms with Crippen LogP contribution in [0.25, 0.3) is 22.0 Å². The van der Waals surface area contributed by atoms with Gasteiger partial charge in [0.1, 0.15) is 11.7 Å². The van der Waals surface area contributed by atoms with E-state index >= 15 is 0 Å². The summed E-state index contributed by atoms with van der Waals surface area (Å²) >= 11 is 0. The highest BCUT2D eigenvalue weighted by Gasteiger charge is 2.32. The summed E-state index contributed by atoms with van der Waals surface area (Å²) in [5, 5.41) is 9.13. The summed E-state index contributed by atoms with van der Waals surface area (Å²) in [5.74, 6) is -1.56. The van der Waals surface area contributed by atoms with Gasteiger partial charge in [-0.05, 0) is 65.1 Å². The second-order valence-corrected chi connectivity index (χ2v) is 11.8. The van der Waals surface area contributed by atoms with Gasteiger partial charge >= 0.3 is 6.18 Å². The second kappa shape index (κ2) is 14.5. The number of nitrogens with one attached hydrogen (secondary N) is 3. The van der Waals surface area contributed by atoms with Crippen LogP contribution < -0.4 is 16.0 Å². The average molecular weight is 675 g/mol. The van der Waals surface area contributed by atoms with Crippen molar-refractivity contribution in [2.24, 2.45) is 7.05 Å². The van der Waals surface area contributed by atoms with E-state index in [2.05, 4.69) is 16.0 Å². The first-order valence-electron chi connectivity index (χ1n) is 15.9. The van der Waals surface area contributed by atoms with Crippen LogP contribution in [-0.2, 0) is 24.4 Å². The molecule has 3 N–H and O–H groups in total. The van der Waals surface area contributed by atoms with Crippen molar-refractivity contribution in [1.82, 2.24) is 15.2 Å². The molecule has 6 rings (SSSR count). The Bertz CT molecular complexity index is 2150. The molecule has 6 aromatic rings. The molecule has 0 fully saturated rings. The molecule has 0 saturated carbocycles. The van der Waals surface area contributed by atoms with Crippen LogP contribution in [-0.4, -0.2) is 28.8 Å². The van der Waals surface area contributed by atoms with Crippen molar-refractivity contribution in [2.75, 3.05) is 11.9 Å². The predicted octanol–water partition coefficient (Wildman–Crippen LogP) is 7.95. The normalized spacial score (nSPS) is 11.9. The number of rotatable bonds is 10. The molecule has 0 aliphatic heterocycles. The second-order valence-electron chi connectivity index (χ2n) is 11.8. The van der Waals surface area contributed by atoms with Crippen LogP contribution in [0.2, 0.25) is 0 Å². The number of nitrogens with zero attached hydrogens (tertiary/aromatic N) is 1. The fourth-order valence-electron chi connectivity index (χ4n) is 5.85. The van der Waals surface area contributed by atoms with E-state index in [-0.39, 0.29) is 17.2 Å². The first kappa shape index (κ1) is 33.7. The number of benzene rings is 5. The minimum absolute atomic E-state index is 0.131. The summed E-state index contributed by atoms with van der Waals surface area (Å²) in [6.45, 7) is 0.387. The van der Waals surface area contributed by atoms with E-state index in [9.17, 15) is 27.6 Å². The molecule has 50 heavy (non-hydrogen) atoms. The number of anilines is 1. The number of aromatic nitrogens is 1. The van der Waals surface area contributed by atoms with Gasteiger partial charge in [-0.3, -0.25) is 14.4 Å². The molecule has 1 heterocycles. The summed E-state index contributed by atoms with van der Waals surface area (Å²) in [5.41, 5.74) is 2.84. The monoisotopic (exact) mass is 674 g/mol. The van der Waals surface area contributed by atoms with E-state index in [1.54, 1.807) is 90.5 Å². The van der Waals surface area contributed by atoms with Crippen LogP contribution in [0, 0.1) is 0 Å². The lowest BCUT2D eigenvalue weighted by atomic mass is 9.96. The number of fused-ring (bicyclic) bond motifs is 1. The number of alkyl halides is 3. The van der Waals surface area contributed by atoms with E-state index in [0.717, 1.165) is 17.7 Å². The molecule has 1 aromatic heterocycles. The molecule has 1 atom stereocenters. The molecule has 0 saturated heterocycles. The Labute approximate surface area is 286 Å². The minimum Gasteiger partial charge on any atom is -0.354 e. The Morgan fingerprint density at radius 2 is 1.40 bits per heavy atom. The lowest BCUT2D eigenvalue weighted by Gasteiger charge is -2.19. The zero-order valence-electron chi connectivity index (χ0n) is 27.0. The predicted molar refractivity (Wildman–Crippen MR) is 188 cm³/mol. The molecule has 5 aromatic carbocycles. The third-order valence-electron chi connectivity index (χ3n) is 8.44. The van der Waals surface area contributed by atoms with Gasteiger partial charge in [0.25, 0.3) is 11.8 Å². The maximum absolute atomic E-state index is 13.7. The Morgan fingerprint density at radius 3 is 2.08 bits per heavy atom. The van der Waals surface area contributed by atoms with Gasteiger partial charge in [0.05, 0.1) is 5.56 Å². The Morgan fingerprint density at radius 1 is 0.740 bits per heavy atom. The van der Waals surface area contributed by atoms with Crippen LogP contribution in [0.15, 0.2) is 133 Å². The molecule has 7 nitrogen and oxygen atoms in total. The summed E-state index contributed by atoms with van der Waals surface area (Å²) in [4.78, 5) is 40.5. The quantitative estimate of drug-likeness (QED) is 0.138. The smallest absolute Gasteiger partial charge is 0.354 e. The molecule has 3 amide bonds. The first-order valence-corrected chi connectivity index (χ1v) is 15.9. The van der Waals surface area contributed by atoms with Crippen LogP contribution in [0.5, 0.6) is 0 Å². The zero-order valence-corrected chi connectivity index (χ0v) is 27.0. The number of aryl methyl sites for hydroxylation is 1. The molecule has 10 heteroatoms. The number of hydrogen-bond acceptors (Lipinski definition) is 3. The van der Waals surface area contributed by atoms with Crippen LogP contribution in [0.4, 0.5) is 18.9 Å². The van der Waals surface area contributed by atoms with Crippen molar-refractivity contribution in [3.05, 3.63) is 161 Å². The van der Waals surface area contributed by atoms with Crippen LogP contribution in [0.3, 0.4) is 0 Å². The third kappa shape index (κ3) is 7.60. The number of halogens is 3. The maximum atomic E-state index is 13.7. The van der Waals surface area contributed by atoms with Gasteiger partial charge in [0.15, 0.2) is 0 Å². The van der Waals surface area contributed by atoms with Gasteiger partial charge in [0, 0.05) is 35.7 Å². The summed E-state index contributed by atoms with van der Waals surface area (Å²) in [6.07, 6.45) is -4.00. The van der Waals surface area contributed by atoms with E-state index in [0.29, 0.717) is 46.2 Å². The van der Waals surface area contributed by atoms with E-state index in [1.165, 1.54) is 6.07 Å². The lowest BCUT2D eigenvalue weighted by molar-refractivity contribution is -0.137. The van der Waals surface area contributed by atoms with Crippen molar-refractivity contribution < 1.29 is 27.6 Å². The fraction of sp³-hybridized carbons (Fsp3) is 0.125. The maximum Gasteiger partial charge on any atom is 0.416 e. The number of carbonyl (C=O) groups excluding carboxylic acids is 3. The van der Waals surface area contributed by atoms with Crippen molar-refractivity contribution in [3.8, 4) is 11.1 Å².